The molecule has 0 aliphatic heterocycles. The predicted molar refractivity (Wildman–Crippen MR) is 113 cm³/mol. The number of hydrogen-bond donors (Lipinski definition) is 1. The minimum absolute atomic E-state index is 0.0771. The zero-order valence-electron chi connectivity index (χ0n) is 19.7. The number of alkyl carbamates (subject to hydrolysis) is 1. The molecule has 30 heavy (non-hydrogen) atoms. The third-order valence-electron chi connectivity index (χ3n) is 3.28. The van der Waals surface area contributed by atoms with Crippen LogP contribution in [0.25, 0.3) is 0 Å². The maximum atomic E-state index is 12.7. The van der Waals surface area contributed by atoms with Crippen molar-refractivity contribution in [3.05, 3.63) is 12.2 Å². The van der Waals surface area contributed by atoms with Gasteiger partial charge in [0.25, 0.3) is 0 Å². The Hall–Kier alpha value is -2.38. The Bertz CT molecular complexity index is 633. The van der Waals surface area contributed by atoms with Crippen LogP contribution >= 0.6 is 0 Å². The first kappa shape index (κ1) is 27.6. The van der Waals surface area contributed by atoms with Gasteiger partial charge in [-0.1, -0.05) is 6.08 Å². The Labute approximate surface area is 179 Å². The van der Waals surface area contributed by atoms with E-state index in [0.717, 1.165) is 0 Å². The topological polar surface area (TPSA) is 108 Å². The highest BCUT2D eigenvalue weighted by Crippen LogP contribution is 2.21. The van der Waals surface area contributed by atoms with Crippen LogP contribution in [0.5, 0.6) is 0 Å². The van der Waals surface area contributed by atoms with Gasteiger partial charge in [-0.3, -0.25) is 9.59 Å². The van der Waals surface area contributed by atoms with E-state index in [0.29, 0.717) is 6.29 Å². The minimum atomic E-state index is -1.14. The average molecular weight is 428 g/mol. The molecule has 0 fully saturated rings. The maximum Gasteiger partial charge on any atom is 0.408 e. The summed E-state index contributed by atoms with van der Waals surface area (Å²) < 4.78 is 16.1. The van der Waals surface area contributed by atoms with Crippen LogP contribution in [0.3, 0.4) is 0 Å². The summed E-state index contributed by atoms with van der Waals surface area (Å²) >= 11 is 0. The van der Waals surface area contributed by atoms with Gasteiger partial charge in [0.1, 0.15) is 29.1 Å². The highest BCUT2D eigenvalue weighted by Gasteiger charge is 2.34. The number of nitrogens with one attached hydrogen (secondary N) is 1. The van der Waals surface area contributed by atoms with E-state index < -0.39 is 46.8 Å². The second kappa shape index (κ2) is 11.1. The van der Waals surface area contributed by atoms with E-state index in [1.807, 2.05) is 0 Å². The van der Waals surface area contributed by atoms with Gasteiger partial charge in [-0.15, -0.1) is 0 Å². The largest absolute Gasteiger partial charge is 0.460 e. The number of amides is 1. The quantitative estimate of drug-likeness (QED) is 0.272. The number of carbonyl (C=O) groups excluding carboxylic acids is 4. The molecule has 1 amide bonds. The van der Waals surface area contributed by atoms with Crippen LogP contribution in [0, 0.1) is 5.92 Å². The number of carbonyl (C=O) groups is 4. The summed E-state index contributed by atoms with van der Waals surface area (Å²) in [6.45, 7) is 15.4. The lowest BCUT2D eigenvalue weighted by atomic mass is 9.95. The molecule has 0 spiro atoms. The Kier molecular flexibility index (Phi) is 10.2. The molecule has 0 aromatic rings. The molecule has 0 rings (SSSR count). The lowest BCUT2D eigenvalue weighted by molar-refractivity contribution is -0.162. The molecule has 0 saturated heterocycles. The van der Waals surface area contributed by atoms with Gasteiger partial charge in [0.2, 0.25) is 0 Å². The molecule has 0 unspecified atom stereocenters. The lowest BCUT2D eigenvalue weighted by Crippen LogP contribution is -2.47. The Morgan fingerprint density at radius 3 is 1.70 bits per heavy atom. The molecular weight excluding hydrogens is 390 g/mol. The summed E-state index contributed by atoms with van der Waals surface area (Å²) in [5.74, 6) is -2.02. The van der Waals surface area contributed by atoms with E-state index in [1.165, 1.54) is 12.2 Å². The molecule has 0 aromatic carbocycles. The second-order valence-corrected chi connectivity index (χ2v) is 10.00. The van der Waals surface area contributed by atoms with Crippen LogP contribution in [-0.4, -0.2) is 47.2 Å². The molecule has 0 aromatic heterocycles. The van der Waals surface area contributed by atoms with E-state index in [9.17, 15) is 19.2 Å². The van der Waals surface area contributed by atoms with Crippen LogP contribution in [0.15, 0.2) is 12.2 Å². The second-order valence-electron chi connectivity index (χ2n) is 10.00. The van der Waals surface area contributed by atoms with Crippen LogP contribution in [-0.2, 0) is 28.6 Å². The molecule has 0 radical (unpaired) electrons. The van der Waals surface area contributed by atoms with Crippen molar-refractivity contribution in [1.29, 1.82) is 0 Å². The summed E-state index contributed by atoms with van der Waals surface area (Å²) in [7, 11) is 0. The molecule has 0 heterocycles. The molecular formula is C22H37NO7. The molecule has 0 aliphatic rings. The monoisotopic (exact) mass is 427 g/mol. The van der Waals surface area contributed by atoms with Crippen molar-refractivity contribution in [2.75, 3.05) is 0 Å². The van der Waals surface area contributed by atoms with Crippen molar-refractivity contribution < 1.29 is 33.4 Å². The molecule has 172 valence electrons. The smallest absolute Gasteiger partial charge is 0.408 e. The fraction of sp³-hybridized carbons (Fsp3) is 0.727. The van der Waals surface area contributed by atoms with Gasteiger partial charge in [0.05, 0.1) is 5.92 Å². The standard InChI is InChI=1S/C22H37NO7/c1-20(2,3)28-17(25)15(12-10-11-13-24)14-16(18(26)29-21(4,5)6)23-19(27)30-22(7,8)9/h10-11,13,15-16H,12,14H2,1-9H3,(H,23,27)/b11-10-/t15-,16+/m1/s1. The van der Waals surface area contributed by atoms with E-state index in [1.54, 1.807) is 62.3 Å². The first-order valence-corrected chi connectivity index (χ1v) is 9.99. The van der Waals surface area contributed by atoms with Gasteiger partial charge in [-0.25, -0.2) is 9.59 Å². The van der Waals surface area contributed by atoms with Crippen molar-refractivity contribution in [2.24, 2.45) is 5.92 Å². The summed E-state index contributed by atoms with van der Waals surface area (Å²) in [6, 6.07) is -1.14. The zero-order chi connectivity index (χ0) is 23.8. The van der Waals surface area contributed by atoms with Crippen molar-refractivity contribution in [3.8, 4) is 0 Å². The van der Waals surface area contributed by atoms with Crippen molar-refractivity contribution >= 4 is 24.3 Å². The third kappa shape index (κ3) is 13.7. The first-order chi connectivity index (χ1) is 13.4. The van der Waals surface area contributed by atoms with Crippen LogP contribution in [0.1, 0.15) is 75.2 Å². The molecule has 2 atom stereocenters. The maximum absolute atomic E-state index is 12.7. The Balaban J connectivity index is 5.67. The summed E-state index contributed by atoms with van der Waals surface area (Å²) in [5, 5.41) is 2.50. The van der Waals surface area contributed by atoms with E-state index >= 15 is 0 Å². The molecule has 0 saturated carbocycles. The zero-order valence-corrected chi connectivity index (χ0v) is 19.7. The molecule has 8 nitrogen and oxygen atoms in total. The molecule has 1 N–H and O–H groups in total. The predicted octanol–water partition coefficient (Wildman–Crippen LogP) is 3.71. The first-order valence-electron chi connectivity index (χ1n) is 9.99. The fourth-order valence-corrected chi connectivity index (χ4v) is 2.29. The van der Waals surface area contributed by atoms with Gasteiger partial charge < -0.3 is 19.5 Å². The SMILES string of the molecule is CC(C)(C)OC(=O)N[C@@H](C[C@@H](C/C=C\C=O)C(=O)OC(C)(C)C)C(=O)OC(C)(C)C. The van der Waals surface area contributed by atoms with Gasteiger partial charge in [-0.2, -0.15) is 0 Å². The highest BCUT2D eigenvalue weighted by molar-refractivity contribution is 5.83. The number of rotatable bonds is 8. The number of aldehydes is 1. The number of ether oxygens (including phenoxy) is 3. The summed E-state index contributed by atoms with van der Waals surface area (Å²) in [5.41, 5.74) is -2.28. The average Bonchev–Trinajstić information content (AvgIpc) is 2.47. The van der Waals surface area contributed by atoms with Crippen LogP contribution in [0.4, 0.5) is 4.79 Å². The molecule has 0 aliphatic carbocycles. The van der Waals surface area contributed by atoms with E-state index in [4.69, 9.17) is 14.2 Å². The summed E-state index contributed by atoms with van der Waals surface area (Å²) in [6.07, 6.45) is 2.65. The minimum Gasteiger partial charge on any atom is -0.460 e. The van der Waals surface area contributed by atoms with Crippen LogP contribution < -0.4 is 5.32 Å². The highest BCUT2D eigenvalue weighted by atomic mass is 16.6. The van der Waals surface area contributed by atoms with Gasteiger partial charge >= 0.3 is 18.0 Å². The van der Waals surface area contributed by atoms with E-state index in [2.05, 4.69) is 5.32 Å². The van der Waals surface area contributed by atoms with Gasteiger partial charge in [0, 0.05) is 0 Å². The normalized spacial score (nSPS) is 14.6. The number of esters is 2. The number of hydrogen-bond acceptors (Lipinski definition) is 7. The third-order valence-corrected chi connectivity index (χ3v) is 3.28. The summed E-state index contributed by atoms with van der Waals surface area (Å²) in [4.78, 5) is 48.2. The fourth-order valence-electron chi connectivity index (χ4n) is 2.29. The Morgan fingerprint density at radius 1 is 0.800 bits per heavy atom. The number of allylic oxidation sites excluding steroid dienone is 2. The van der Waals surface area contributed by atoms with E-state index in [-0.39, 0.29) is 12.8 Å². The lowest BCUT2D eigenvalue weighted by Gasteiger charge is -2.29. The Morgan fingerprint density at radius 2 is 1.27 bits per heavy atom. The van der Waals surface area contributed by atoms with Gasteiger partial charge in [-0.05, 0) is 81.2 Å². The molecule has 8 heteroatoms. The molecule has 0 bridgehead atoms. The van der Waals surface area contributed by atoms with Crippen molar-refractivity contribution in [1.82, 2.24) is 5.32 Å². The van der Waals surface area contributed by atoms with Crippen molar-refractivity contribution in [3.63, 3.8) is 0 Å². The van der Waals surface area contributed by atoms with Crippen molar-refractivity contribution in [2.45, 2.75) is 98.0 Å². The van der Waals surface area contributed by atoms with Crippen LogP contribution in [0.2, 0.25) is 0 Å². The van der Waals surface area contributed by atoms with Gasteiger partial charge in [0.15, 0.2) is 0 Å².